The number of hydrogen-bond donors (Lipinski definition) is 4. The number of carbonyl (C=O) groups is 1. The second-order valence-electron chi connectivity index (χ2n) is 0.798. The van der Waals surface area contributed by atoms with Crippen LogP contribution in [0.15, 0.2) is 0 Å². The summed E-state index contributed by atoms with van der Waals surface area (Å²) in [5.74, 6) is 0. The van der Waals surface area contributed by atoms with Gasteiger partial charge in [0.1, 0.15) is 0 Å². The molecule has 0 aromatic heterocycles. The molecule has 0 aliphatic heterocycles. The molecule has 0 heterocycles. The van der Waals surface area contributed by atoms with Gasteiger partial charge in [-0.25, -0.2) is 9.93 Å². The molecule has 0 spiro atoms. The highest BCUT2D eigenvalue weighted by molar-refractivity contribution is 7.83. The highest BCUT2D eigenvalue weighted by atomic mass is 32.2. The van der Waals surface area contributed by atoms with Gasteiger partial charge in [0.15, 0.2) is 0 Å². The van der Waals surface area contributed by atoms with Crippen molar-refractivity contribution in [3.8, 4) is 0 Å². The van der Waals surface area contributed by atoms with Crippen molar-refractivity contribution >= 4 is 16.5 Å². The Hall–Kier alpha value is -0.860. The molecule has 7 nitrogen and oxygen atoms in total. The van der Waals surface area contributed by atoms with Gasteiger partial charge in [-0.2, -0.15) is 8.42 Å². The van der Waals surface area contributed by atoms with Gasteiger partial charge < -0.3 is 10.2 Å². The Morgan fingerprint density at radius 3 is 1.33 bits per heavy atom. The summed E-state index contributed by atoms with van der Waals surface area (Å²) in [5, 5.41) is 17.8. The first-order valence-electron chi connectivity index (χ1n) is 1.40. The van der Waals surface area contributed by atoms with Crippen LogP contribution in [0.4, 0.5) is 4.79 Å². The Bertz CT molecular complexity index is 155. The average Bonchev–Trinajstić information content (AvgIpc) is 1.19. The van der Waals surface area contributed by atoms with E-state index in [-0.39, 0.29) is 0 Å². The van der Waals surface area contributed by atoms with Gasteiger partial charge in [-0.1, -0.05) is 0 Å². The van der Waals surface area contributed by atoms with Crippen molar-refractivity contribution in [1.29, 1.82) is 0 Å². The van der Waals surface area contributed by atoms with Crippen molar-refractivity contribution in [3.63, 3.8) is 0 Å². The first-order chi connectivity index (χ1) is 3.73. The summed E-state index contributed by atoms with van der Waals surface area (Å²) in [4.78, 5) is 8.56. The van der Waals surface area contributed by atoms with Crippen molar-refractivity contribution in [3.05, 3.63) is 0 Å². The van der Waals surface area contributed by atoms with Gasteiger partial charge >= 0.3 is 16.5 Å². The molecule has 0 unspecified atom stereocenters. The van der Waals surface area contributed by atoms with E-state index in [0.29, 0.717) is 0 Å². The molecule has 0 radical (unpaired) electrons. The molecule has 0 fully saturated rings. The zero-order valence-electron chi connectivity index (χ0n) is 4.05. The maximum Gasteiger partial charge on any atom is 0.503 e. The predicted octanol–water partition coefficient (Wildman–Crippen LogP) is -1.03. The van der Waals surface area contributed by atoms with E-state index in [1.165, 1.54) is 0 Å². The van der Waals surface area contributed by atoms with Crippen molar-refractivity contribution in [1.82, 2.24) is 0 Å². The minimum absolute atomic E-state index is 1.83. The lowest BCUT2D eigenvalue weighted by Crippen LogP contribution is -2.08. The average molecular weight is 159 g/mol. The molecular weight excluding hydrogens is 154 g/mol. The fourth-order valence-electron chi connectivity index (χ4n) is 0. The Labute approximate surface area is 50.6 Å². The fraction of sp³-hybridized carbons (Fsp3) is 0. The lowest BCUT2D eigenvalue weighted by Gasteiger charge is -1.70. The number of rotatable bonds is 0. The van der Waals surface area contributed by atoms with E-state index in [2.05, 4.69) is 5.14 Å². The highest BCUT2D eigenvalue weighted by Crippen LogP contribution is 1.50. The summed E-state index contributed by atoms with van der Waals surface area (Å²) >= 11 is 0. The van der Waals surface area contributed by atoms with Gasteiger partial charge in [-0.05, 0) is 0 Å². The zero-order chi connectivity index (χ0) is 8.08. The summed E-state index contributed by atoms with van der Waals surface area (Å²) in [6, 6.07) is 0. The molecule has 0 aliphatic rings. The topological polar surface area (TPSA) is 138 Å². The Morgan fingerprint density at radius 1 is 1.33 bits per heavy atom. The van der Waals surface area contributed by atoms with E-state index in [1.54, 1.807) is 0 Å². The fourth-order valence-corrected chi connectivity index (χ4v) is 0. The Balaban J connectivity index is 0. The molecule has 56 valence electrons. The quantitative estimate of drug-likeness (QED) is 0.333. The second kappa shape index (κ2) is 4.06. The van der Waals surface area contributed by atoms with Crippen LogP contribution in [0.1, 0.15) is 0 Å². The molecule has 0 bridgehead atoms. The molecular formula is CH5NO6S. The number of nitrogens with two attached hydrogens (primary N) is 1. The molecule has 9 heavy (non-hydrogen) atoms. The van der Waals surface area contributed by atoms with Crippen LogP contribution in [-0.2, 0) is 10.3 Å². The molecule has 0 rings (SSSR count). The number of carboxylic acid groups (broad SMARTS) is 2. The molecule has 0 aliphatic carbocycles. The molecule has 0 saturated carbocycles. The first kappa shape index (κ1) is 11.0. The van der Waals surface area contributed by atoms with E-state index in [1.807, 2.05) is 0 Å². The number of hydrogen-bond acceptors (Lipinski definition) is 3. The standard InChI is InChI=1S/CH2O3.H3NO3S/c2-1(3)4;1-5(2,3)4/h(H2,2,3,4);(H3,1,2,3,4). The third-order valence-corrected chi connectivity index (χ3v) is 0. The van der Waals surface area contributed by atoms with Crippen molar-refractivity contribution < 1.29 is 28.0 Å². The minimum atomic E-state index is -4.17. The molecule has 0 atom stereocenters. The van der Waals surface area contributed by atoms with Crippen LogP contribution in [0.3, 0.4) is 0 Å². The maximum absolute atomic E-state index is 8.97. The summed E-state index contributed by atoms with van der Waals surface area (Å²) in [6.07, 6.45) is -1.83. The first-order valence-corrected chi connectivity index (χ1v) is 2.91. The second-order valence-corrected chi connectivity index (χ2v) is 1.83. The van der Waals surface area contributed by atoms with Crippen LogP contribution in [0.5, 0.6) is 0 Å². The van der Waals surface area contributed by atoms with Crippen LogP contribution in [0.25, 0.3) is 0 Å². The third kappa shape index (κ3) is 255. The molecule has 8 heteroatoms. The minimum Gasteiger partial charge on any atom is -0.450 e. The highest BCUT2D eigenvalue weighted by Gasteiger charge is 1.81. The monoisotopic (exact) mass is 159 g/mol. The van der Waals surface area contributed by atoms with Crippen molar-refractivity contribution in [2.75, 3.05) is 0 Å². The van der Waals surface area contributed by atoms with Gasteiger partial charge in [-0.15, -0.1) is 0 Å². The van der Waals surface area contributed by atoms with Gasteiger partial charge in [-0.3, -0.25) is 4.55 Å². The zero-order valence-corrected chi connectivity index (χ0v) is 4.87. The van der Waals surface area contributed by atoms with E-state index in [9.17, 15) is 0 Å². The van der Waals surface area contributed by atoms with E-state index in [0.717, 1.165) is 0 Å². The lowest BCUT2D eigenvalue weighted by atomic mass is 11.5. The Kier molecular flexibility index (Phi) is 4.97. The van der Waals surface area contributed by atoms with Crippen LogP contribution >= 0.6 is 0 Å². The molecule has 0 aromatic carbocycles. The lowest BCUT2D eigenvalue weighted by molar-refractivity contribution is 0.137. The summed E-state index contributed by atoms with van der Waals surface area (Å²) < 4.78 is 25.2. The molecule has 0 aromatic rings. The smallest absolute Gasteiger partial charge is 0.450 e. The Morgan fingerprint density at radius 2 is 1.33 bits per heavy atom. The molecule has 0 amide bonds. The van der Waals surface area contributed by atoms with Crippen LogP contribution < -0.4 is 5.14 Å². The molecule has 5 N–H and O–H groups in total. The predicted molar refractivity (Wildman–Crippen MR) is 26.4 cm³/mol. The van der Waals surface area contributed by atoms with Crippen molar-refractivity contribution in [2.24, 2.45) is 5.14 Å². The van der Waals surface area contributed by atoms with Crippen LogP contribution in [0, 0.1) is 0 Å². The van der Waals surface area contributed by atoms with Crippen LogP contribution in [-0.4, -0.2) is 29.3 Å². The molecule has 0 saturated heterocycles. The van der Waals surface area contributed by atoms with Gasteiger partial charge in [0.2, 0.25) is 0 Å². The van der Waals surface area contributed by atoms with Gasteiger partial charge in [0.25, 0.3) is 0 Å². The summed E-state index contributed by atoms with van der Waals surface area (Å²) in [6.45, 7) is 0. The van der Waals surface area contributed by atoms with E-state index >= 15 is 0 Å². The SMILES string of the molecule is NS(=O)(=O)O.O=C(O)O. The largest absolute Gasteiger partial charge is 0.503 e. The maximum atomic E-state index is 8.97. The van der Waals surface area contributed by atoms with Crippen molar-refractivity contribution in [2.45, 2.75) is 0 Å². The van der Waals surface area contributed by atoms with Gasteiger partial charge in [0, 0.05) is 0 Å². The van der Waals surface area contributed by atoms with E-state index < -0.39 is 16.5 Å². The van der Waals surface area contributed by atoms with E-state index in [4.69, 9.17) is 28.0 Å². The van der Waals surface area contributed by atoms with Gasteiger partial charge in [0.05, 0.1) is 0 Å². The summed E-state index contributed by atoms with van der Waals surface area (Å²) in [7, 11) is -4.17. The normalized spacial score (nSPS) is 9.11. The van der Waals surface area contributed by atoms with Crippen LogP contribution in [0.2, 0.25) is 0 Å². The summed E-state index contributed by atoms with van der Waals surface area (Å²) in [5.41, 5.74) is 0. The third-order valence-electron chi connectivity index (χ3n) is 0.